The van der Waals surface area contributed by atoms with E-state index in [9.17, 15) is 31.9 Å². The zero-order chi connectivity index (χ0) is 21.9. The van der Waals surface area contributed by atoms with E-state index in [0.717, 1.165) is 17.0 Å². The van der Waals surface area contributed by atoms with Crippen LogP contribution in [0.4, 0.5) is 17.6 Å². The van der Waals surface area contributed by atoms with Gasteiger partial charge in [0.25, 0.3) is 5.91 Å². The van der Waals surface area contributed by atoms with Crippen molar-refractivity contribution in [3.05, 3.63) is 71.0 Å². The fourth-order valence-electron chi connectivity index (χ4n) is 3.24. The SMILES string of the molecule is O=C(c1ccc(F)cc1)c1ccccc1C(=O)N1CCN(C(=O)CC(F)(F)F)CC1. The number of amides is 2. The first-order valence-corrected chi connectivity index (χ1v) is 9.19. The molecule has 0 saturated carbocycles. The maximum Gasteiger partial charge on any atom is 0.397 e. The van der Waals surface area contributed by atoms with E-state index in [4.69, 9.17) is 0 Å². The van der Waals surface area contributed by atoms with Crippen molar-refractivity contribution in [2.75, 3.05) is 26.2 Å². The smallest absolute Gasteiger partial charge is 0.339 e. The summed E-state index contributed by atoms with van der Waals surface area (Å²) in [5.74, 6) is -2.42. The van der Waals surface area contributed by atoms with E-state index in [1.165, 1.54) is 29.2 Å². The predicted molar refractivity (Wildman–Crippen MR) is 99.4 cm³/mol. The quantitative estimate of drug-likeness (QED) is 0.561. The molecule has 3 rings (SSSR count). The highest BCUT2D eigenvalue weighted by Crippen LogP contribution is 2.22. The largest absolute Gasteiger partial charge is 0.397 e. The highest BCUT2D eigenvalue weighted by atomic mass is 19.4. The molecule has 2 amide bonds. The molecule has 2 aromatic rings. The molecular weight excluding hydrogens is 404 g/mol. The number of piperazine rings is 1. The lowest BCUT2D eigenvalue weighted by Gasteiger charge is -2.35. The summed E-state index contributed by atoms with van der Waals surface area (Å²) in [7, 11) is 0. The third kappa shape index (κ3) is 5.03. The molecule has 0 atom stereocenters. The maximum absolute atomic E-state index is 13.1. The van der Waals surface area contributed by atoms with Gasteiger partial charge >= 0.3 is 6.18 Å². The van der Waals surface area contributed by atoms with Crippen molar-refractivity contribution in [2.45, 2.75) is 12.6 Å². The van der Waals surface area contributed by atoms with Gasteiger partial charge in [-0.2, -0.15) is 13.2 Å². The highest BCUT2D eigenvalue weighted by Gasteiger charge is 2.35. The number of carbonyl (C=O) groups is 3. The highest BCUT2D eigenvalue weighted by molar-refractivity contribution is 6.15. The molecule has 0 N–H and O–H groups in total. The summed E-state index contributed by atoms with van der Waals surface area (Å²) in [6.07, 6.45) is -6.11. The second-order valence-corrected chi connectivity index (χ2v) is 6.85. The Kier molecular flexibility index (Phi) is 6.19. The molecule has 1 saturated heterocycles. The average Bonchev–Trinajstić information content (AvgIpc) is 2.72. The normalized spacial score (nSPS) is 14.5. The second-order valence-electron chi connectivity index (χ2n) is 6.85. The van der Waals surface area contributed by atoms with Crippen molar-refractivity contribution in [1.29, 1.82) is 0 Å². The van der Waals surface area contributed by atoms with Gasteiger partial charge in [-0.05, 0) is 30.3 Å². The van der Waals surface area contributed by atoms with Gasteiger partial charge in [0, 0.05) is 37.3 Å². The Hall–Kier alpha value is -3.23. The summed E-state index contributed by atoms with van der Waals surface area (Å²) in [6, 6.07) is 11.1. The molecule has 1 heterocycles. The van der Waals surface area contributed by atoms with Crippen LogP contribution in [0.3, 0.4) is 0 Å². The van der Waals surface area contributed by atoms with Gasteiger partial charge in [-0.25, -0.2) is 4.39 Å². The summed E-state index contributed by atoms with van der Waals surface area (Å²) in [4.78, 5) is 39.9. The second kappa shape index (κ2) is 8.64. The van der Waals surface area contributed by atoms with E-state index in [2.05, 4.69) is 0 Å². The zero-order valence-electron chi connectivity index (χ0n) is 15.8. The molecule has 9 heteroatoms. The van der Waals surface area contributed by atoms with Gasteiger partial charge in [0.1, 0.15) is 12.2 Å². The minimum absolute atomic E-state index is 0.0191. The number of rotatable bonds is 4. The molecule has 0 spiro atoms. The summed E-state index contributed by atoms with van der Waals surface area (Å²) in [6.45, 7) is 0.0759. The number of carbonyl (C=O) groups excluding carboxylic acids is 3. The Bertz CT molecular complexity index is 949. The lowest BCUT2D eigenvalue weighted by atomic mass is 9.97. The van der Waals surface area contributed by atoms with E-state index in [1.54, 1.807) is 12.1 Å². The topological polar surface area (TPSA) is 57.7 Å². The summed E-state index contributed by atoms with van der Waals surface area (Å²) in [5.41, 5.74) is 0.505. The first-order valence-electron chi connectivity index (χ1n) is 9.19. The van der Waals surface area contributed by atoms with Crippen molar-refractivity contribution in [1.82, 2.24) is 9.80 Å². The molecule has 1 aliphatic heterocycles. The molecule has 1 fully saturated rings. The number of ketones is 1. The number of alkyl halides is 3. The number of halogens is 4. The molecule has 30 heavy (non-hydrogen) atoms. The Balaban J connectivity index is 1.72. The first kappa shape index (κ1) is 21.5. The van der Waals surface area contributed by atoms with Crippen LogP contribution >= 0.6 is 0 Å². The van der Waals surface area contributed by atoms with Crippen LogP contribution in [0, 0.1) is 5.82 Å². The van der Waals surface area contributed by atoms with Crippen LogP contribution in [-0.2, 0) is 4.79 Å². The number of hydrogen-bond donors (Lipinski definition) is 0. The number of hydrogen-bond acceptors (Lipinski definition) is 3. The Morgan fingerprint density at radius 3 is 1.90 bits per heavy atom. The molecule has 1 aliphatic rings. The van der Waals surface area contributed by atoms with Crippen LogP contribution in [-0.4, -0.2) is 59.8 Å². The monoisotopic (exact) mass is 422 g/mol. The van der Waals surface area contributed by atoms with Crippen LogP contribution in [0.2, 0.25) is 0 Å². The lowest BCUT2D eigenvalue weighted by molar-refractivity contribution is -0.162. The minimum atomic E-state index is -4.58. The van der Waals surface area contributed by atoms with Crippen LogP contribution in [0.25, 0.3) is 0 Å². The molecule has 0 bridgehead atoms. The van der Waals surface area contributed by atoms with Gasteiger partial charge < -0.3 is 9.80 Å². The fourth-order valence-corrected chi connectivity index (χ4v) is 3.24. The molecule has 0 unspecified atom stereocenters. The van der Waals surface area contributed by atoms with Gasteiger partial charge in [0.05, 0.1) is 5.56 Å². The molecular formula is C21H18F4N2O3. The summed E-state index contributed by atoms with van der Waals surface area (Å²) >= 11 is 0. The van der Waals surface area contributed by atoms with Crippen LogP contribution in [0.15, 0.2) is 48.5 Å². The maximum atomic E-state index is 13.1. The Morgan fingerprint density at radius 2 is 1.33 bits per heavy atom. The van der Waals surface area contributed by atoms with Gasteiger partial charge in [0.2, 0.25) is 5.91 Å². The Labute approximate surface area is 169 Å². The molecule has 2 aromatic carbocycles. The lowest BCUT2D eigenvalue weighted by Crippen LogP contribution is -2.51. The third-order valence-corrected chi connectivity index (χ3v) is 4.78. The van der Waals surface area contributed by atoms with Gasteiger partial charge in [-0.15, -0.1) is 0 Å². The van der Waals surface area contributed by atoms with Crippen molar-refractivity contribution >= 4 is 17.6 Å². The van der Waals surface area contributed by atoms with Gasteiger partial charge in [0.15, 0.2) is 5.78 Å². The van der Waals surface area contributed by atoms with E-state index >= 15 is 0 Å². The van der Waals surface area contributed by atoms with Crippen molar-refractivity contribution in [3.8, 4) is 0 Å². The Morgan fingerprint density at radius 1 is 0.800 bits per heavy atom. The average molecular weight is 422 g/mol. The zero-order valence-corrected chi connectivity index (χ0v) is 15.8. The number of benzene rings is 2. The number of nitrogens with zero attached hydrogens (tertiary/aromatic N) is 2. The van der Waals surface area contributed by atoms with Crippen LogP contribution in [0.1, 0.15) is 32.7 Å². The van der Waals surface area contributed by atoms with Crippen molar-refractivity contribution in [2.24, 2.45) is 0 Å². The molecule has 0 aromatic heterocycles. The van der Waals surface area contributed by atoms with Crippen LogP contribution < -0.4 is 0 Å². The molecule has 158 valence electrons. The van der Waals surface area contributed by atoms with E-state index < -0.39 is 36.0 Å². The van der Waals surface area contributed by atoms with E-state index in [0.29, 0.717) is 0 Å². The standard InChI is InChI=1S/C21H18F4N2O3/c22-15-7-5-14(6-8-15)19(29)16-3-1-2-4-17(16)20(30)27-11-9-26(10-12-27)18(28)13-21(23,24)25/h1-8H,9-13H2. The third-order valence-electron chi connectivity index (χ3n) is 4.78. The van der Waals surface area contributed by atoms with Gasteiger partial charge in [-0.3, -0.25) is 14.4 Å². The van der Waals surface area contributed by atoms with Crippen molar-refractivity contribution < 1.29 is 31.9 Å². The van der Waals surface area contributed by atoms with Crippen molar-refractivity contribution in [3.63, 3.8) is 0 Å². The van der Waals surface area contributed by atoms with Crippen LogP contribution in [0.5, 0.6) is 0 Å². The predicted octanol–water partition coefficient (Wildman–Crippen LogP) is 3.29. The molecule has 5 nitrogen and oxygen atoms in total. The molecule has 0 aliphatic carbocycles. The summed E-state index contributed by atoms with van der Waals surface area (Å²) < 4.78 is 50.3. The summed E-state index contributed by atoms with van der Waals surface area (Å²) in [5, 5.41) is 0. The van der Waals surface area contributed by atoms with Gasteiger partial charge in [-0.1, -0.05) is 18.2 Å². The first-order chi connectivity index (χ1) is 14.2. The van der Waals surface area contributed by atoms with E-state index in [1.807, 2.05) is 0 Å². The minimum Gasteiger partial charge on any atom is -0.339 e. The molecule has 0 radical (unpaired) electrons. The fraction of sp³-hybridized carbons (Fsp3) is 0.286. The van der Waals surface area contributed by atoms with E-state index in [-0.39, 0.29) is 42.9 Å².